The standard InChI is InChI=1S/C21H39N5O.HI/c1-6-16-27-20-19(13-10-14-23-20)17-24-21(22-7-2)25-18(5)12-11-15-26(8-3)9-4;/h10,13-14,18H,6-9,11-12,15-17H2,1-5H3,(H2,22,24,25);1H. The van der Waals surface area contributed by atoms with Gasteiger partial charge in [-0.25, -0.2) is 9.98 Å². The van der Waals surface area contributed by atoms with Gasteiger partial charge in [0.15, 0.2) is 5.96 Å². The van der Waals surface area contributed by atoms with Gasteiger partial charge in [0.1, 0.15) is 0 Å². The summed E-state index contributed by atoms with van der Waals surface area (Å²) in [6, 6.07) is 4.33. The van der Waals surface area contributed by atoms with Gasteiger partial charge < -0.3 is 20.3 Å². The molecule has 0 aromatic carbocycles. The minimum absolute atomic E-state index is 0. The van der Waals surface area contributed by atoms with Crippen molar-refractivity contribution in [1.29, 1.82) is 0 Å². The molecule has 0 saturated carbocycles. The summed E-state index contributed by atoms with van der Waals surface area (Å²) in [6.07, 6.45) is 5.04. The van der Waals surface area contributed by atoms with E-state index in [1.54, 1.807) is 6.20 Å². The second-order valence-corrected chi connectivity index (χ2v) is 6.73. The average Bonchev–Trinajstić information content (AvgIpc) is 2.68. The van der Waals surface area contributed by atoms with Crippen LogP contribution >= 0.6 is 24.0 Å². The first-order valence-electron chi connectivity index (χ1n) is 10.5. The van der Waals surface area contributed by atoms with E-state index in [1.165, 1.54) is 6.42 Å². The molecule has 0 spiro atoms. The van der Waals surface area contributed by atoms with Gasteiger partial charge in [-0.2, -0.15) is 0 Å². The number of hydrogen-bond donors (Lipinski definition) is 2. The molecule has 0 bridgehead atoms. The Morgan fingerprint density at radius 2 is 2.00 bits per heavy atom. The van der Waals surface area contributed by atoms with E-state index in [0.29, 0.717) is 25.1 Å². The van der Waals surface area contributed by atoms with Gasteiger partial charge in [0.25, 0.3) is 0 Å². The lowest BCUT2D eigenvalue weighted by molar-refractivity contribution is 0.292. The van der Waals surface area contributed by atoms with Crippen LogP contribution < -0.4 is 15.4 Å². The lowest BCUT2D eigenvalue weighted by Gasteiger charge is -2.21. The van der Waals surface area contributed by atoms with Crippen LogP contribution in [0.25, 0.3) is 0 Å². The van der Waals surface area contributed by atoms with Crippen molar-refractivity contribution in [3.05, 3.63) is 23.9 Å². The normalized spacial score (nSPS) is 12.4. The number of rotatable bonds is 13. The number of ether oxygens (including phenoxy) is 1. The lowest BCUT2D eigenvalue weighted by Crippen LogP contribution is -2.42. The molecular weight excluding hydrogens is 465 g/mol. The smallest absolute Gasteiger partial charge is 0.218 e. The number of halogens is 1. The molecule has 1 aromatic heterocycles. The third-order valence-corrected chi connectivity index (χ3v) is 4.43. The van der Waals surface area contributed by atoms with Crippen molar-refractivity contribution < 1.29 is 4.74 Å². The molecule has 0 radical (unpaired) electrons. The number of nitrogens with one attached hydrogen (secondary N) is 2. The fourth-order valence-electron chi connectivity index (χ4n) is 2.82. The highest BCUT2D eigenvalue weighted by Gasteiger charge is 2.08. The Bertz CT molecular complexity index is 537. The van der Waals surface area contributed by atoms with Crippen LogP contribution in [0.1, 0.15) is 59.4 Å². The fourth-order valence-corrected chi connectivity index (χ4v) is 2.82. The van der Waals surface area contributed by atoms with Crippen molar-refractivity contribution in [1.82, 2.24) is 20.5 Å². The molecule has 0 aliphatic rings. The second kappa shape index (κ2) is 16.8. The number of nitrogens with zero attached hydrogens (tertiary/aromatic N) is 3. The van der Waals surface area contributed by atoms with Gasteiger partial charge in [-0.1, -0.05) is 26.8 Å². The fraction of sp³-hybridized carbons (Fsp3) is 0.714. The zero-order chi connectivity index (χ0) is 19.9. The summed E-state index contributed by atoms with van der Waals surface area (Å²) >= 11 is 0. The molecule has 28 heavy (non-hydrogen) atoms. The van der Waals surface area contributed by atoms with Gasteiger partial charge in [0, 0.05) is 24.3 Å². The Kier molecular flexibility index (Phi) is 16.2. The number of aromatic nitrogens is 1. The van der Waals surface area contributed by atoms with Crippen LogP contribution in [-0.4, -0.2) is 54.7 Å². The van der Waals surface area contributed by atoms with E-state index in [0.717, 1.165) is 50.5 Å². The van der Waals surface area contributed by atoms with Crippen LogP contribution in [0, 0.1) is 0 Å². The van der Waals surface area contributed by atoms with Crippen LogP contribution in [0.4, 0.5) is 0 Å². The SMILES string of the molecule is CCCOc1ncccc1CN=C(NCC)NC(C)CCCN(CC)CC.I. The summed E-state index contributed by atoms with van der Waals surface area (Å²) in [5.41, 5.74) is 1.01. The van der Waals surface area contributed by atoms with Crippen LogP contribution in [-0.2, 0) is 6.54 Å². The highest BCUT2D eigenvalue weighted by atomic mass is 127. The molecule has 162 valence electrons. The quantitative estimate of drug-likeness (QED) is 0.241. The maximum Gasteiger partial charge on any atom is 0.218 e. The molecule has 1 unspecified atom stereocenters. The molecule has 1 aromatic rings. The molecule has 0 aliphatic heterocycles. The predicted octanol–water partition coefficient (Wildman–Crippen LogP) is 4.05. The summed E-state index contributed by atoms with van der Waals surface area (Å²) in [5.74, 6) is 1.53. The Morgan fingerprint density at radius 1 is 1.25 bits per heavy atom. The maximum absolute atomic E-state index is 5.73. The van der Waals surface area contributed by atoms with Crippen molar-refractivity contribution in [3.63, 3.8) is 0 Å². The second-order valence-electron chi connectivity index (χ2n) is 6.73. The highest BCUT2D eigenvalue weighted by Crippen LogP contribution is 2.15. The van der Waals surface area contributed by atoms with E-state index in [9.17, 15) is 0 Å². The Balaban J connectivity index is 0.00000729. The first-order valence-corrected chi connectivity index (χ1v) is 10.5. The Hall–Kier alpha value is -1.09. The van der Waals surface area contributed by atoms with E-state index in [-0.39, 0.29) is 24.0 Å². The zero-order valence-corrected chi connectivity index (χ0v) is 20.7. The molecule has 0 aliphatic carbocycles. The summed E-state index contributed by atoms with van der Waals surface area (Å²) < 4.78 is 5.73. The number of guanidine groups is 1. The first kappa shape index (κ1) is 26.9. The van der Waals surface area contributed by atoms with Gasteiger partial charge in [-0.3, -0.25) is 0 Å². The third-order valence-electron chi connectivity index (χ3n) is 4.43. The molecule has 0 amide bonds. The van der Waals surface area contributed by atoms with E-state index in [4.69, 9.17) is 9.73 Å². The lowest BCUT2D eigenvalue weighted by atomic mass is 10.2. The van der Waals surface area contributed by atoms with Crippen molar-refractivity contribution >= 4 is 29.9 Å². The van der Waals surface area contributed by atoms with Gasteiger partial charge in [-0.15, -0.1) is 24.0 Å². The van der Waals surface area contributed by atoms with Gasteiger partial charge >= 0.3 is 0 Å². The maximum atomic E-state index is 5.73. The monoisotopic (exact) mass is 505 g/mol. The molecule has 1 rings (SSSR count). The van der Waals surface area contributed by atoms with Crippen LogP contribution in [0.2, 0.25) is 0 Å². The summed E-state index contributed by atoms with van der Waals surface area (Å²) in [6.45, 7) is 16.3. The average molecular weight is 505 g/mol. The molecule has 0 saturated heterocycles. The van der Waals surface area contributed by atoms with Gasteiger partial charge in [0.05, 0.1) is 13.2 Å². The van der Waals surface area contributed by atoms with Crippen molar-refractivity contribution in [3.8, 4) is 5.88 Å². The van der Waals surface area contributed by atoms with Crippen molar-refractivity contribution in [2.24, 2.45) is 4.99 Å². The van der Waals surface area contributed by atoms with E-state index < -0.39 is 0 Å². The predicted molar refractivity (Wildman–Crippen MR) is 130 cm³/mol. The molecule has 1 atom stereocenters. The largest absolute Gasteiger partial charge is 0.477 e. The summed E-state index contributed by atoms with van der Waals surface area (Å²) in [7, 11) is 0. The number of hydrogen-bond acceptors (Lipinski definition) is 4. The topological polar surface area (TPSA) is 61.8 Å². The molecule has 7 heteroatoms. The minimum Gasteiger partial charge on any atom is -0.477 e. The Morgan fingerprint density at radius 3 is 2.64 bits per heavy atom. The first-order chi connectivity index (χ1) is 13.1. The number of aliphatic imine (C=N–C) groups is 1. The highest BCUT2D eigenvalue weighted by molar-refractivity contribution is 14.0. The van der Waals surface area contributed by atoms with Crippen LogP contribution in [0.3, 0.4) is 0 Å². The van der Waals surface area contributed by atoms with E-state index in [2.05, 4.69) is 55.1 Å². The van der Waals surface area contributed by atoms with Crippen LogP contribution in [0.5, 0.6) is 5.88 Å². The van der Waals surface area contributed by atoms with E-state index >= 15 is 0 Å². The molecule has 0 fully saturated rings. The minimum atomic E-state index is 0. The number of pyridine rings is 1. The summed E-state index contributed by atoms with van der Waals surface area (Å²) in [5, 5.41) is 6.85. The van der Waals surface area contributed by atoms with Gasteiger partial charge in [0.2, 0.25) is 5.88 Å². The van der Waals surface area contributed by atoms with Crippen molar-refractivity contribution in [2.45, 2.75) is 66.5 Å². The molecule has 2 N–H and O–H groups in total. The molecular formula is C21H40IN5O. The summed E-state index contributed by atoms with van der Waals surface area (Å²) in [4.78, 5) is 11.5. The van der Waals surface area contributed by atoms with Gasteiger partial charge in [-0.05, 0) is 58.8 Å². The van der Waals surface area contributed by atoms with Crippen molar-refractivity contribution in [2.75, 3.05) is 32.8 Å². The van der Waals surface area contributed by atoms with E-state index in [1.807, 2.05) is 12.1 Å². The van der Waals surface area contributed by atoms with Crippen LogP contribution in [0.15, 0.2) is 23.3 Å². The Labute approximate surface area is 189 Å². The third kappa shape index (κ3) is 11.0. The molecule has 1 heterocycles. The molecule has 6 nitrogen and oxygen atoms in total. The zero-order valence-electron chi connectivity index (χ0n) is 18.3.